The average Bonchev–Trinajstić information content (AvgIpc) is 3.21. The van der Waals surface area contributed by atoms with Gasteiger partial charge < -0.3 is 4.90 Å². The molecule has 0 spiro atoms. The van der Waals surface area contributed by atoms with Crippen molar-refractivity contribution < 1.29 is 4.79 Å². The van der Waals surface area contributed by atoms with Crippen molar-refractivity contribution >= 4 is 33.3 Å². The van der Waals surface area contributed by atoms with Crippen LogP contribution < -0.4 is 4.90 Å². The highest BCUT2D eigenvalue weighted by Gasteiger charge is 2.23. The molecule has 0 saturated carbocycles. The Morgan fingerprint density at radius 1 is 1.15 bits per heavy atom. The Kier molecular flexibility index (Phi) is 5.13. The molecule has 0 aliphatic carbocycles. The van der Waals surface area contributed by atoms with E-state index in [0.29, 0.717) is 24.0 Å². The van der Waals surface area contributed by atoms with Crippen molar-refractivity contribution in [2.75, 3.05) is 31.1 Å². The van der Waals surface area contributed by atoms with Gasteiger partial charge in [0.25, 0.3) is 0 Å². The molecule has 7 heteroatoms. The second-order valence-electron chi connectivity index (χ2n) is 6.83. The van der Waals surface area contributed by atoms with Crippen molar-refractivity contribution in [3.8, 4) is 0 Å². The number of Topliss-reactive ketones (excluding diaryl/α,β-unsaturated/α-hetero) is 1. The van der Waals surface area contributed by atoms with Crippen LogP contribution in [0, 0.1) is 0 Å². The molecule has 0 amide bonds. The highest BCUT2D eigenvalue weighted by Crippen LogP contribution is 2.27. The summed E-state index contributed by atoms with van der Waals surface area (Å²) >= 11 is 1.68. The summed E-state index contributed by atoms with van der Waals surface area (Å²) in [6.45, 7) is 7.77. The maximum absolute atomic E-state index is 11.7. The molecule has 0 N–H and O–H groups in total. The number of thiazole rings is 1. The topological polar surface area (TPSA) is 62.2 Å². The largest absolute Gasteiger partial charge is 0.338 e. The van der Waals surface area contributed by atoms with Crippen LogP contribution in [0.5, 0.6) is 0 Å². The van der Waals surface area contributed by atoms with E-state index in [1.807, 2.05) is 12.4 Å². The van der Waals surface area contributed by atoms with Crippen LogP contribution in [0.2, 0.25) is 0 Å². The highest BCUT2D eigenvalue weighted by atomic mass is 32.1. The van der Waals surface area contributed by atoms with Gasteiger partial charge in [0.15, 0.2) is 5.78 Å². The summed E-state index contributed by atoms with van der Waals surface area (Å²) in [5.41, 5.74) is 4.88. The molecule has 1 saturated heterocycles. The van der Waals surface area contributed by atoms with E-state index >= 15 is 0 Å². The van der Waals surface area contributed by atoms with Crippen LogP contribution in [0.4, 0.5) is 5.95 Å². The Balaban J connectivity index is 1.40. The summed E-state index contributed by atoms with van der Waals surface area (Å²) in [6.07, 6.45) is 3.77. The molecule has 27 heavy (non-hydrogen) atoms. The molecular weight excluding hydrogens is 358 g/mol. The summed E-state index contributed by atoms with van der Waals surface area (Å²) in [5.74, 6) is 0.788. The number of hydrogen-bond donors (Lipinski definition) is 0. The smallest absolute Gasteiger partial charge is 0.225 e. The molecule has 6 nitrogen and oxygen atoms in total. The summed E-state index contributed by atoms with van der Waals surface area (Å²) in [5, 5.41) is 0. The molecular formula is C20H23N5OS. The molecule has 1 aromatic carbocycles. The third-order valence-electron chi connectivity index (χ3n) is 5.26. The summed E-state index contributed by atoms with van der Waals surface area (Å²) < 4.78 is 1.23. The van der Waals surface area contributed by atoms with Crippen molar-refractivity contribution in [1.29, 1.82) is 0 Å². The predicted octanol–water partition coefficient (Wildman–Crippen LogP) is 3.56. The number of carbonyl (C=O) groups excluding carboxylic acids is 1. The molecule has 1 unspecified atom stereocenters. The third-order valence-corrected chi connectivity index (χ3v) is 6.07. The number of carbonyl (C=O) groups is 1. The Morgan fingerprint density at radius 3 is 2.59 bits per heavy atom. The molecule has 0 bridgehead atoms. The fourth-order valence-corrected chi connectivity index (χ4v) is 4.15. The van der Waals surface area contributed by atoms with E-state index in [1.165, 1.54) is 10.3 Å². The Hall–Kier alpha value is -2.38. The first-order valence-corrected chi connectivity index (χ1v) is 10.2. The number of benzene rings is 1. The van der Waals surface area contributed by atoms with Gasteiger partial charge in [0.1, 0.15) is 0 Å². The van der Waals surface area contributed by atoms with E-state index in [-0.39, 0.29) is 5.78 Å². The first kappa shape index (κ1) is 18.0. The lowest BCUT2D eigenvalue weighted by Crippen LogP contribution is -2.47. The fraction of sp³-hybridized carbons (Fsp3) is 0.400. The zero-order chi connectivity index (χ0) is 18.8. The maximum Gasteiger partial charge on any atom is 0.225 e. The number of ketones is 1. The minimum absolute atomic E-state index is 0.0808. The maximum atomic E-state index is 11.7. The number of fused-ring (bicyclic) bond motifs is 1. The van der Waals surface area contributed by atoms with Gasteiger partial charge in [-0.3, -0.25) is 9.69 Å². The Morgan fingerprint density at radius 2 is 1.89 bits per heavy atom. The van der Waals surface area contributed by atoms with Gasteiger partial charge in [0, 0.05) is 51.0 Å². The van der Waals surface area contributed by atoms with E-state index < -0.39 is 0 Å². The molecule has 1 atom stereocenters. The molecule has 140 valence electrons. The van der Waals surface area contributed by atoms with Crippen molar-refractivity contribution in [3.63, 3.8) is 0 Å². The van der Waals surface area contributed by atoms with Crippen LogP contribution >= 0.6 is 11.3 Å². The second kappa shape index (κ2) is 7.70. The van der Waals surface area contributed by atoms with Gasteiger partial charge in [0.05, 0.1) is 21.3 Å². The van der Waals surface area contributed by atoms with Gasteiger partial charge in [-0.2, -0.15) is 0 Å². The molecule has 1 fully saturated rings. The van der Waals surface area contributed by atoms with E-state index in [0.717, 1.165) is 31.7 Å². The number of piperazine rings is 1. The summed E-state index contributed by atoms with van der Waals surface area (Å²) in [7, 11) is 0. The lowest BCUT2D eigenvalue weighted by Gasteiger charge is -2.38. The van der Waals surface area contributed by atoms with Gasteiger partial charge in [0.2, 0.25) is 5.95 Å². The molecule has 1 aliphatic heterocycles. The number of rotatable bonds is 5. The average molecular weight is 382 g/mol. The predicted molar refractivity (Wildman–Crippen MR) is 108 cm³/mol. The van der Waals surface area contributed by atoms with E-state index in [9.17, 15) is 4.79 Å². The Labute approximate surface area is 162 Å². The van der Waals surface area contributed by atoms with Crippen molar-refractivity contribution in [2.24, 2.45) is 0 Å². The quantitative estimate of drug-likeness (QED) is 0.630. The summed E-state index contributed by atoms with van der Waals surface area (Å²) in [6, 6.07) is 6.94. The molecule has 1 aliphatic rings. The molecule has 2 aromatic heterocycles. The van der Waals surface area contributed by atoms with Crippen molar-refractivity contribution in [1.82, 2.24) is 19.9 Å². The van der Waals surface area contributed by atoms with Crippen LogP contribution in [0.25, 0.3) is 10.2 Å². The van der Waals surface area contributed by atoms with Crippen molar-refractivity contribution in [3.05, 3.63) is 47.2 Å². The van der Waals surface area contributed by atoms with Gasteiger partial charge in [-0.1, -0.05) is 13.0 Å². The van der Waals surface area contributed by atoms with Crippen LogP contribution in [-0.2, 0) is 0 Å². The van der Waals surface area contributed by atoms with Crippen molar-refractivity contribution in [2.45, 2.75) is 26.3 Å². The van der Waals surface area contributed by atoms with Gasteiger partial charge in [-0.15, -0.1) is 11.3 Å². The summed E-state index contributed by atoms with van der Waals surface area (Å²) in [4.78, 5) is 29.6. The monoisotopic (exact) mass is 381 g/mol. The first-order valence-electron chi connectivity index (χ1n) is 9.33. The van der Waals surface area contributed by atoms with Crippen LogP contribution in [-0.4, -0.2) is 51.8 Å². The lowest BCUT2D eigenvalue weighted by molar-refractivity contribution is 0.0987. The lowest BCUT2D eigenvalue weighted by atomic mass is 10.1. The zero-order valence-electron chi connectivity index (χ0n) is 15.6. The number of nitrogens with zero attached hydrogens (tertiary/aromatic N) is 5. The number of hydrogen-bond acceptors (Lipinski definition) is 7. The molecule has 3 heterocycles. The molecule has 4 rings (SSSR count). The van der Waals surface area contributed by atoms with E-state index in [1.54, 1.807) is 23.7 Å². The minimum atomic E-state index is 0.0808. The van der Waals surface area contributed by atoms with Crippen LogP contribution in [0.1, 0.15) is 42.2 Å². The van der Waals surface area contributed by atoms with Gasteiger partial charge >= 0.3 is 0 Å². The number of anilines is 1. The SMILES string of the molecule is CCC(=O)c1cnc(N2CCN(C(C)c3ccc4scnc4c3)CC2)nc1. The second-order valence-corrected chi connectivity index (χ2v) is 7.71. The highest BCUT2D eigenvalue weighted by molar-refractivity contribution is 7.16. The minimum Gasteiger partial charge on any atom is -0.338 e. The Bertz CT molecular complexity index is 931. The normalized spacial score (nSPS) is 16.6. The molecule has 3 aromatic rings. The first-order chi connectivity index (χ1) is 13.2. The third kappa shape index (κ3) is 3.70. The fourth-order valence-electron chi connectivity index (χ4n) is 3.49. The number of aromatic nitrogens is 3. The van der Waals surface area contributed by atoms with Crippen LogP contribution in [0.3, 0.4) is 0 Å². The van der Waals surface area contributed by atoms with Gasteiger partial charge in [-0.05, 0) is 24.6 Å². The standard InChI is InChI=1S/C20H23N5OS/c1-3-18(26)16-11-21-20(22-12-16)25-8-6-24(7-9-25)14(2)15-4-5-19-17(10-15)23-13-27-19/h4-5,10-14H,3,6-9H2,1-2H3. The van der Waals surface area contributed by atoms with E-state index in [4.69, 9.17) is 0 Å². The molecule has 0 radical (unpaired) electrons. The zero-order valence-corrected chi connectivity index (χ0v) is 16.4. The van der Waals surface area contributed by atoms with Crippen LogP contribution in [0.15, 0.2) is 36.1 Å². The van der Waals surface area contributed by atoms with E-state index in [2.05, 4.69) is 49.9 Å². The van der Waals surface area contributed by atoms with Gasteiger partial charge in [-0.25, -0.2) is 15.0 Å².